The van der Waals surface area contributed by atoms with Crippen LogP contribution >= 0.6 is 11.3 Å². The fourth-order valence-corrected chi connectivity index (χ4v) is 4.22. The number of nitrogens with one attached hydrogen (secondary N) is 1. The first kappa shape index (κ1) is 12.9. The molecule has 4 nitrogen and oxygen atoms in total. The zero-order chi connectivity index (χ0) is 13.5. The molecule has 0 fully saturated rings. The Balaban J connectivity index is 2.06. The molecule has 1 aliphatic rings. The van der Waals surface area contributed by atoms with Gasteiger partial charge in [-0.25, -0.2) is 13.4 Å². The van der Waals surface area contributed by atoms with Gasteiger partial charge in [-0.1, -0.05) is 17.4 Å². The van der Waals surface area contributed by atoms with Gasteiger partial charge in [-0.05, 0) is 49.8 Å². The van der Waals surface area contributed by atoms with Gasteiger partial charge in [0.15, 0.2) is 5.13 Å². The van der Waals surface area contributed by atoms with Crippen molar-refractivity contribution in [1.29, 1.82) is 0 Å². The van der Waals surface area contributed by atoms with Crippen molar-refractivity contribution < 1.29 is 8.42 Å². The summed E-state index contributed by atoms with van der Waals surface area (Å²) in [5.74, 6) is 0.0705. The van der Waals surface area contributed by atoms with E-state index in [0.29, 0.717) is 5.13 Å². The summed E-state index contributed by atoms with van der Waals surface area (Å²) < 4.78 is 26.8. The fourth-order valence-electron chi connectivity index (χ4n) is 2.47. The molecule has 1 N–H and O–H groups in total. The highest BCUT2D eigenvalue weighted by molar-refractivity contribution is 7.92. The summed E-state index contributed by atoms with van der Waals surface area (Å²) in [6.45, 7) is 1.62. The molecule has 0 radical (unpaired) electrons. The second-order valence-electron chi connectivity index (χ2n) is 4.78. The predicted octanol–water partition coefficient (Wildman–Crippen LogP) is 2.94. The van der Waals surface area contributed by atoms with E-state index in [2.05, 4.69) is 21.8 Å². The van der Waals surface area contributed by atoms with Gasteiger partial charge in [0.1, 0.15) is 0 Å². The number of hydrogen-bond donors (Lipinski definition) is 1. The Morgan fingerprint density at radius 3 is 2.89 bits per heavy atom. The number of rotatable bonds is 3. The van der Waals surface area contributed by atoms with Crippen LogP contribution in [0.15, 0.2) is 12.1 Å². The van der Waals surface area contributed by atoms with Crippen molar-refractivity contribution in [2.45, 2.75) is 32.6 Å². The number of nitrogens with zero attached hydrogens (tertiary/aromatic N) is 1. The van der Waals surface area contributed by atoms with Crippen molar-refractivity contribution in [2.24, 2.45) is 0 Å². The van der Waals surface area contributed by atoms with E-state index >= 15 is 0 Å². The van der Waals surface area contributed by atoms with E-state index in [-0.39, 0.29) is 5.75 Å². The van der Waals surface area contributed by atoms with Gasteiger partial charge in [-0.15, -0.1) is 0 Å². The molecule has 1 aliphatic carbocycles. The van der Waals surface area contributed by atoms with Crippen molar-refractivity contribution in [2.75, 3.05) is 10.5 Å². The molecule has 0 aliphatic heterocycles. The van der Waals surface area contributed by atoms with Gasteiger partial charge in [0.05, 0.1) is 16.0 Å². The zero-order valence-corrected chi connectivity index (χ0v) is 12.4. The van der Waals surface area contributed by atoms with Crippen LogP contribution in [0.2, 0.25) is 0 Å². The molecule has 0 spiro atoms. The first-order valence-electron chi connectivity index (χ1n) is 6.51. The maximum Gasteiger partial charge on any atom is 0.234 e. The Kier molecular flexibility index (Phi) is 3.22. The van der Waals surface area contributed by atoms with Crippen molar-refractivity contribution in [1.82, 2.24) is 4.98 Å². The van der Waals surface area contributed by atoms with Crippen LogP contribution in [0.25, 0.3) is 10.2 Å². The molecule has 3 rings (SSSR count). The second kappa shape index (κ2) is 4.76. The Labute approximate surface area is 116 Å². The minimum Gasteiger partial charge on any atom is -0.259 e. The molecular weight excluding hydrogens is 280 g/mol. The van der Waals surface area contributed by atoms with E-state index in [1.807, 2.05) is 0 Å². The third-order valence-corrected chi connectivity index (χ3v) is 5.84. The Hall–Kier alpha value is -1.14. The maximum atomic E-state index is 11.6. The summed E-state index contributed by atoms with van der Waals surface area (Å²) in [5.41, 5.74) is 3.66. The van der Waals surface area contributed by atoms with Gasteiger partial charge in [0.25, 0.3) is 0 Å². The normalized spacial score (nSPS) is 15.4. The molecule has 1 aromatic heterocycles. The molecule has 1 aromatic carbocycles. The van der Waals surface area contributed by atoms with E-state index in [4.69, 9.17) is 0 Å². The van der Waals surface area contributed by atoms with Crippen molar-refractivity contribution in [3.63, 3.8) is 0 Å². The standard InChI is InChI=1S/C13H16N2O2S2/c1-2-19(16,17)15-13-14-12-10-6-4-3-5-9(10)7-8-11(12)18-13/h7-8H,2-6H2,1H3,(H,14,15). The quantitative estimate of drug-likeness (QED) is 0.947. The summed E-state index contributed by atoms with van der Waals surface area (Å²) in [4.78, 5) is 4.49. The van der Waals surface area contributed by atoms with Gasteiger partial charge in [-0.3, -0.25) is 4.72 Å². The van der Waals surface area contributed by atoms with Crippen LogP contribution in [0.3, 0.4) is 0 Å². The van der Waals surface area contributed by atoms with Crippen LogP contribution in [-0.2, 0) is 22.9 Å². The predicted molar refractivity (Wildman–Crippen MR) is 79.3 cm³/mol. The Morgan fingerprint density at radius 1 is 1.32 bits per heavy atom. The van der Waals surface area contributed by atoms with E-state index in [0.717, 1.165) is 23.1 Å². The molecule has 2 aromatic rings. The van der Waals surface area contributed by atoms with Gasteiger partial charge in [-0.2, -0.15) is 0 Å². The molecule has 0 atom stereocenters. The minimum atomic E-state index is -3.24. The summed E-state index contributed by atoms with van der Waals surface area (Å²) in [6.07, 6.45) is 4.59. The van der Waals surface area contributed by atoms with Crippen LogP contribution < -0.4 is 4.72 Å². The lowest BCUT2D eigenvalue weighted by Crippen LogP contribution is -2.14. The number of aryl methyl sites for hydroxylation is 2. The summed E-state index contributed by atoms with van der Waals surface area (Å²) in [6, 6.07) is 4.22. The minimum absolute atomic E-state index is 0.0705. The number of fused-ring (bicyclic) bond motifs is 3. The lowest BCUT2D eigenvalue weighted by atomic mass is 9.91. The number of benzene rings is 1. The Bertz CT molecular complexity index is 720. The summed E-state index contributed by atoms with van der Waals surface area (Å²) >= 11 is 1.41. The van der Waals surface area contributed by atoms with Crippen LogP contribution in [0, 0.1) is 0 Å². The number of hydrogen-bond acceptors (Lipinski definition) is 4. The molecule has 19 heavy (non-hydrogen) atoms. The zero-order valence-electron chi connectivity index (χ0n) is 10.8. The second-order valence-corrected chi connectivity index (χ2v) is 7.82. The van der Waals surface area contributed by atoms with Crippen LogP contribution in [0.1, 0.15) is 30.9 Å². The lowest BCUT2D eigenvalue weighted by molar-refractivity contribution is 0.602. The van der Waals surface area contributed by atoms with Crippen molar-refractivity contribution in [3.8, 4) is 0 Å². The third-order valence-electron chi connectivity index (χ3n) is 3.51. The van der Waals surface area contributed by atoms with Crippen LogP contribution in [0.4, 0.5) is 5.13 Å². The Morgan fingerprint density at radius 2 is 2.11 bits per heavy atom. The molecule has 102 valence electrons. The maximum absolute atomic E-state index is 11.6. The van der Waals surface area contributed by atoms with E-state index < -0.39 is 10.0 Å². The molecule has 0 unspecified atom stereocenters. The molecule has 0 saturated carbocycles. The summed E-state index contributed by atoms with van der Waals surface area (Å²) in [7, 11) is -3.24. The molecule has 6 heteroatoms. The molecule has 0 saturated heterocycles. The van der Waals surface area contributed by atoms with E-state index in [1.165, 1.54) is 35.3 Å². The van der Waals surface area contributed by atoms with E-state index in [9.17, 15) is 8.42 Å². The lowest BCUT2D eigenvalue weighted by Gasteiger charge is -2.15. The van der Waals surface area contributed by atoms with Crippen LogP contribution in [0.5, 0.6) is 0 Å². The number of sulfonamides is 1. The first-order chi connectivity index (χ1) is 9.09. The number of anilines is 1. The van der Waals surface area contributed by atoms with Gasteiger partial charge < -0.3 is 0 Å². The third kappa shape index (κ3) is 2.47. The smallest absolute Gasteiger partial charge is 0.234 e. The molecule has 1 heterocycles. The highest BCUT2D eigenvalue weighted by Crippen LogP contribution is 2.33. The molecule has 0 amide bonds. The highest BCUT2D eigenvalue weighted by atomic mass is 32.2. The van der Waals surface area contributed by atoms with Crippen molar-refractivity contribution >= 4 is 36.7 Å². The fraction of sp³-hybridized carbons (Fsp3) is 0.462. The molecule has 0 bridgehead atoms. The van der Waals surface area contributed by atoms with Crippen molar-refractivity contribution in [3.05, 3.63) is 23.3 Å². The highest BCUT2D eigenvalue weighted by Gasteiger charge is 2.17. The largest absolute Gasteiger partial charge is 0.259 e. The average Bonchev–Trinajstić information content (AvgIpc) is 2.80. The average molecular weight is 296 g/mol. The topological polar surface area (TPSA) is 59.1 Å². The summed E-state index contributed by atoms with van der Waals surface area (Å²) in [5, 5.41) is 0.482. The number of thiazole rings is 1. The van der Waals surface area contributed by atoms with Crippen LogP contribution in [-0.4, -0.2) is 19.2 Å². The van der Waals surface area contributed by atoms with E-state index in [1.54, 1.807) is 6.92 Å². The SMILES string of the molecule is CCS(=O)(=O)Nc1nc2c3c(ccc2s1)CCCC3. The number of aromatic nitrogens is 1. The van der Waals surface area contributed by atoms with Gasteiger partial charge in [0, 0.05) is 0 Å². The molecular formula is C13H16N2O2S2. The first-order valence-corrected chi connectivity index (χ1v) is 8.98. The monoisotopic (exact) mass is 296 g/mol. The van der Waals surface area contributed by atoms with Gasteiger partial charge in [0.2, 0.25) is 10.0 Å². The van der Waals surface area contributed by atoms with Gasteiger partial charge >= 0.3 is 0 Å².